The van der Waals surface area contributed by atoms with Crippen LogP contribution in [0.1, 0.15) is 27.7 Å². The molecule has 0 aromatic carbocycles. The van der Waals surface area contributed by atoms with Gasteiger partial charge in [0.1, 0.15) is 0 Å². The molecule has 0 saturated heterocycles. The van der Waals surface area contributed by atoms with Crippen LogP contribution in [-0.2, 0) is 40.5 Å². The molecule has 0 aliphatic heterocycles. The van der Waals surface area contributed by atoms with Gasteiger partial charge in [-0.3, -0.25) is 0 Å². The van der Waals surface area contributed by atoms with Crippen LogP contribution in [0.2, 0.25) is 0 Å². The fraction of sp³-hybridized carbons (Fsp3) is 1.00. The minimum Gasteiger partial charge on any atom is -0.748 e. The summed E-state index contributed by atoms with van der Waals surface area (Å²) in [5.41, 5.74) is 0. The Hall–Kier alpha value is 0.562. The van der Waals surface area contributed by atoms with Gasteiger partial charge in [-0.25, -0.2) is 33.7 Å². The van der Waals surface area contributed by atoms with E-state index in [1.54, 1.807) is 0 Å². The van der Waals surface area contributed by atoms with Crippen molar-refractivity contribution >= 4 is 67.8 Å². The molecule has 25 heavy (non-hydrogen) atoms. The van der Waals surface area contributed by atoms with Crippen molar-refractivity contribution in [1.82, 2.24) is 0 Å². The maximum Gasteiger partial charge on any atom is 4.00 e. The van der Waals surface area contributed by atoms with Crippen LogP contribution in [0.15, 0.2) is 0 Å². The first-order chi connectivity index (χ1) is 10.2. The second-order valence-electron chi connectivity index (χ2n) is 3.39. The Bertz CT molecular complexity index is 577. The third-order valence-electron chi connectivity index (χ3n) is 1.41. The second-order valence-corrected chi connectivity index (χ2v) is 10.2. The molecule has 0 atom stereocenters. The normalized spacial score (nSPS) is 11.2. The van der Waals surface area contributed by atoms with E-state index in [0.29, 0.717) is 0 Å². The molecule has 0 aliphatic rings. The summed E-state index contributed by atoms with van der Waals surface area (Å²) in [6.07, 6.45) is 0. The average Bonchev–Trinajstić information content (AvgIpc) is 2.37. The van der Waals surface area contributed by atoms with Gasteiger partial charge in [0.25, 0.3) is 0 Å². The second kappa shape index (κ2) is 16.7. The van der Waals surface area contributed by atoms with E-state index >= 15 is 0 Å². The Morgan fingerprint density at radius 3 is 0.480 bits per heavy atom. The van der Waals surface area contributed by atoms with E-state index in [1.807, 2.05) is 0 Å². The number of hydrogen-bond acceptors (Lipinski definition) is 12. The van der Waals surface area contributed by atoms with Gasteiger partial charge in [0, 0.05) is 23.0 Å². The molecular weight excluding hydrogens is 624 g/mol. The van der Waals surface area contributed by atoms with Gasteiger partial charge in [-0.05, 0) is 0 Å². The summed E-state index contributed by atoms with van der Waals surface area (Å²) in [6, 6.07) is 0. The molecule has 0 saturated carbocycles. The predicted octanol–water partition coefficient (Wildman–Crippen LogP) is -2.17. The monoisotopic (exact) mass is 644 g/mol. The van der Waals surface area contributed by atoms with Gasteiger partial charge in [-0.15, -0.1) is 0 Å². The first-order valence-corrected chi connectivity index (χ1v) is 12.3. The van der Waals surface area contributed by atoms with Crippen LogP contribution in [0.5, 0.6) is 0 Å². The quantitative estimate of drug-likeness (QED) is 0.235. The van der Waals surface area contributed by atoms with Crippen molar-refractivity contribution in [2.75, 3.05) is 23.0 Å². The van der Waals surface area contributed by atoms with E-state index in [-0.39, 0.29) is 50.3 Å². The predicted molar refractivity (Wildman–Crippen MR) is 86.7 cm³/mol. The molecule has 0 radical (unpaired) electrons. The molecule has 0 fully saturated rings. The summed E-state index contributed by atoms with van der Waals surface area (Å²) < 4.78 is 113. The van der Waals surface area contributed by atoms with Crippen molar-refractivity contribution in [3.05, 3.63) is 0 Å². The van der Waals surface area contributed by atoms with Crippen molar-refractivity contribution in [3.8, 4) is 0 Å². The standard InChI is InChI=1S/4C2H6O3S.Pb/c4*1-2-6(3,4)5;/h4*2H2,1H3,(H,3,4,5);/q;;;;+4/p-4. The summed E-state index contributed by atoms with van der Waals surface area (Å²) in [5.74, 6) is -1.25. The Kier molecular flexibility index (Phi) is 24.4. The van der Waals surface area contributed by atoms with Crippen molar-refractivity contribution in [2.45, 2.75) is 27.7 Å². The van der Waals surface area contributed by atoms with Crippen LogP contribution in [0.3, 0.4) is 0 Å². The maximum absolute atomic E-state index is 9.44. The van der Waals surface area contributed by atoms with E-state index in [2.05, 4.69) is 0 Å². The van der Waals surface area contributed by atoms with Crippen molar-refractivity contribution in [3.63, 3.8) is 0 Å². The van der Waals surface area contributed by atoms with Crippen molar-refractivity contribution in [1.29, 1.82) is 0 Å². The van der Waals surface area contributed by atoms with Crippen LogP contribution in [0.4, 0.5) is 0 Å². The zero-order valence-electron chi connectivity index (χ0n) is 13.9. The fourth-order valence-electron chi connectivity index (χ4n) is 0. The van der Waals surface area contributed by atoms with Crippen molar-refractivity contribution < 1.29 is 51.9 Å². The molecule has 0 aromatic heterocycles. The van der Waals surface area contributed by atoms with Gasteiger partial charge >= 0.3 is 27.3 Å². The zero-order valence-corrected chi connectivity index (χ0v) is 21.0. The SMILES string of the molecule is CCS(=O)(=O)[O-].CCS(=O)(=O)[O-].CCS(=O)(=O)[O-].CCS(=O)(=O)[O-].[Pb+4]. The Labute approximate surface area is 169 Å². The van der Waals surface area contributed by atoms with Gasteiger partial charge in [-0.1, -0.05) is 27.7 Å². The van der Waals surface area contributed by atoms with Gasteiger partial charge in [0.05, 0.1) is 40.5 Å². The number of hydrogen-bond donors (Lipinski definition) is 0. The van der Waals surface area contributed by atoms with Crippen LogP contribution < -0.4 is 0 Å². The molecule has 0 aromatic rings. The average molecular weight is 644 g/mol. The smallest absolute Gasteiger partial charge is 0.748 e. The zero-order chi connectivity index (χ0) is 20.8. The molecular formula is C8H20O12PbS4. The Morgan fingerprint density at radius 2 is 0.480 bits per heavy atom. The molecule has 0 rings (SSSR count). The molecule has 0 bridgehead atoms. The van der Waals surface area contributed by atoms with Crippen LogP contribution in [0, 0.1) is 0 Å². The van der Waals surface area contributed by atoms with Gasteiger partial charge < -0.3 is 18.2 Å². The summed E-state index contributed by atoms with van der Waals surface area (Å²) in [7, 11) is -15.6. The molecule has 0 N–H and O–H groups in total. The number of rotatable bonds is 4. The third-order valence-corrected chi connectivity index (χ3v) is 4.24. The first-order valence-electron chi connectivity index (χ1n) is 5.98. The van der Waals surface area contributed by atoms with Gasteiger partial charge in [0.2, 0.25) is 0 Å². The molecule has 0 aliphatic carbocycles. The van der Waals surface area contributed by atoms with Crippen LogP contribution in [0.25, 0.3) is 0 Å². The van der Waals surface area contributed by atoms with E-state index in [9.17, 15) is 51.9 Å². The van der Waals surface area contributed by atoms with E-state index in [4.69, 9.17) is 0 Å². The first kappa shape index (κ1) is 36.5. The molecule has 0 spiro atoms. The fourth-order valence-corrected chi connectivity index (χ4v) is 0. The molecule has 0 amide bonds. The Balaban J connectivity index is -0.0000000702. The van der Waals surface area contributed by atoms with Crippen LogP contribution in [-0.4, -0.2) is 102 Å². The summed E-state index contributed by atoms with van der Waals surface area (Å²) in [4.78, 5) is 0. The summed E-state index contributed by atoms with van der Waals surface area (Å²) >= 11 is 0. The van der Waals surface area contributed by atoms with Crippen molar-refractivity contribution in [2.24, 2.45) is 0 Å². The molecule has 12 nitrogen and oxygen atoms in total. The molecule has 17 heteroatoms. The minimum absolute atomic E-state index is 0. The van der Waals surface area contributed by atoms with Crippen LogP contribution >= 0.6 is 0 Å². The molecule has 0 unspecified atom stereocenters. The topological polar surface area (TPSA) is 229 Å². The summed E-state index contributed by atoms with van der Waals surface area (Å²) in [5, 5.41) is 0. The minimum atomic E-state index is -3.91. The Morgan fingerprint density at radius 1 is 0.440 bits per heavy atom. The van der Waals surface area contributed by atoms with E-state index in [0.717, 1.165) is 0 Å². The summed E-state index contributed by atoms with van der Waals surface area (Å²) in [6.45, 7) is 5.23. The van der Waals surface area contributed by atoms with E-state index in [1.165, 1.54) is 27.7 Å². The third kappa shape index (κ3) is 79.2. The van der Waals surface area contributed by atoms with Gasteiger partial charge in [-0.2, -0.15) is 0 Å². The van der Waals surface area contributed by atoms with E-state index < -0.39 is 40.5 Å². The van der Waals surface area contributed by atoms with Gasteiger partial charge in [0.15, 0.2) is 0 Å². The molecule has 152 valence electrons. The largest absolute Gasteiger partial charge is 4.00 e. The maximum atomic E-state index is 9.44. The molecule has 0 heterocycles.